The van der Waals surface area contributed by atoms with Gasteiger partial charge in [-0.25, -0.2) is 4.79 Å². The molecule has 0 fully saturated rings. The molecule has 0 aliphatic carbocycles. The number of ether oxygens (including phenoxy) is 3. The molecule has 0 spiro atoms. The van der Waals surface area contributed by atoms with Crippen LogP contribution < -0.4 is 0 Å². The number of methoxy groups -OCH3 is 3. The largest absolute Gasteiger partial charge is 0.507 e. The van der Waals surface area contributed by atoms with Crippen LogP contribution in [0, 0.1) is 0 Å². The predicted octanol–water partition coefficient (Wildman–Crippen LogP) is 1.57. The monoisotopic (exact) mass is 312 g/mol. The molecule has 1 aromatic rings. The topological polar surface area (TPSA) is 102 Å². The number of benzene rings is 1. The van der Waals surface area contributed by atoms with Crippen LogP contribution in [0.2, 0.25) is 0 Å². The molecule has 0 amide bonds. The van der Waals surface area contributed by atoms with Gasteiger partial charge in [-0.05, 0) is 19.1 Å². The first-order valence-electron chi connectivity index (χ1n) is 6.56. The summed E-state index contributed by atoms with van der Waals surface area (Å²) in [5.74, 6) is -1.58. The van der Waals surface area contributed by atoms with Gasteiger partial charge in [-0.2, -0.15) is 0 Å². The van der Waals surface area contributed by atoms with E-state index in [-0.39, 0.29) is 34.8 Å². The van der Waals surface area contributed by atoms with Crippen molar-refractivity contribution in [2.45, 2.75) is 25.6 Å². The van der Waals surface area contributed by atoms with Crippen LogP contribution in [0.4, 0.5) is 0 Å². The highest BCUT2D eigenvalue weighted by Gasteiger charge is 2.29. The van der Waals surface area contributed by atoms with Crippen molar-refractivity contribution in [2.75, 3.05) is 21.3 Å². The van der Waals surface area contributed by atoms with Crippen LogP contribution in [-0.4, -0.2) is 49.4 Å². The summed E-state index contributed by atoms with van der Waals surface area (Å²) in [6.07, 6.45) is -1.79. The Hall–Kier alpha value is -2.12. The van der Waals surface area contributed by atoms with Gasteiger partial charge in [0.05, 0.1) is 24.3 Å². The van der Waals surface area contributed by atoms with E-state index in [0.717, 1.165) is 0 Å². The van der Waals surface area contributed by atoms with Crippen LogP contribution in [-0.2, 0) is 19.0 Å². The minimum absolute atomic E-state index is 0.00213. The Bertz CT molecular complexity index is 553. The Morgan fingerprint density at radius 2 is 1.77 bits per heavy atom. The van der Waals surface area contributed by atoms with Crippen LogP contribution in [0.15, 0.2) is 12.1 Å². The highest BCUT2D eigenvalue weighted by Crippen LogP contribution is 2.39. The molecule has 0 saturated heterocycles. The number of rotatable bonds is 7. The third kappa shape index (κ3) is 3.75. The van der Waals surface area contributed by atoms with Crippen molar-refractivity contribution in [1.29, 1.82) is 0 Å². The number of carbonyl (C=O) groups excluding carboxylic acids is 2. The second-order valence-corrected chi connectivity index (χ2v) is 4.66. The first-order chi connectivity index (χ1) is 10.4. The molecule has 0 radical (unpaired) electrons. The molecule has 7 heteroatoms. The van der Waals surface area contributed by atoms with Crippen molar-refractivity contribution < 1.29 is 34.0 Å². The molecule has 0 heterocycles. The zero-order valence-corrected chi connectivity index (χ0v) is 13.0. The van der Waals surface area contributed by atoms with Gasteiger partial charge in [0.2, 0.25) is 0 Å². The fraction of sp³-hybridized carbons (Fsp3) is 0.467. The summed E-state index contributed by atoms with van der Waals surface area (Å²) < 4.78 is 14.9. The number of ketones is 1. The summed E-state index contributed by atoms with van der Waals surface area (Å²) in [5, 5.41) is 20.2. The van der Waals surface area contributed by atoms with E-state index in [4.69, 9.17) is 9.47 Å². The van der Waals surface area contributed by atoms with E-state index >= 15 is 0 Å². The minimum Gasteiger partial charge on any atom is -0.507 e. The summed E-state index contributed by atoms with van der Waals surface area (Å²) in [6, 6.07) is 2.61. The van der Waals surface area contributed by atoms with Gasteiger partial charge in [0.25, 0.3) is 0 Å². The fourth-order valence-electron chi connectivity index (χ4n) is 2.15. The van der Waals surface area contributed by atoms with Crippen molar-refractivity contribution in [2.24, 2.45) is 0 Å². The van der Waals surface area contributed by atoms with Gasteiger partial charge >= 0.3 is 5.97 Å². The Morgan fingerprint density at radius 1 is 1.14 bits per heavy atom. The van der Waals surface area contributed by atoms with Crippen molar-refractivity contribution in [1.82, 2.24) is 0 Å². The van der Waals surface area contributed by atoms with Crippen molar-refractivity contribution in [3.8, 4) is 11.5 Å². The van der Waals surface area contributed by atoms with E-state index in [1.54, 1.807) is 0 Å². The molecule has 0 saturated carbocycles. The maximum absolute atomic E-state index is 11.6. The first kappa shape index (κ1) is 17.9. The molecule has 2 N–H and O–H groups in total. The number of hydrogen-bond donors (Lipinski definition) is 2. The summed E-state index contributed by atoms with van der Waals surface area (Å²) >= 11 is 0. The van der Waals surface area contributed by atoms with Crippen LogP contribution in [0.25, 0.3) is 0 Å². The number of esters is 1. The molecule has 0 unspecified atom stereocenters. The molecule has 1 rings (SSSR count). The van der Waals surface area contributed by atoms with Crippen LogP contribution in [0.1, 0.15) is 35.4 Å². The molecule has 2 atom stereocenters. The van der Waals surface area contributed by atoms with Gasteiger partial charge in [-0.1, -0.05) is 0 Å². The number of aromatic hydroxyl groups is 2. The third-order valence-electron chi connectivity index (χ3n) is 3.36. The van der Waals surface area contributed by atoms with Gasteiger partial charge in [-0.3, -0.25) is 4.79 Å². The molecule has 7 nitrogen and oxygen atoms in total. The predicted molar refractivity (Wildman–Crippen MR) is 77.0 cm³/mol. The summed E-state index contributed by atoms with van der Waals surface area (Å²) in [4.78, 5) is 23.1. The number of phenolic OH excluding ortho intramolecular Hbond substituents is 2. The number of hydrogen-bond acceptors (Lipinski definition) is 7. The molecular formula is C15H20O7. The average molecular weight is 312 g/mol. The third-order valence-corrected chi connectivity index (χ3v) is 3.36. The highest BCUT2D eigenvalue weighted by molar-refractivity contribution is 5.97. The minimum atomic E-state index is -0.935. The van der Waals surface area contributed by atoms with Gasteiger partial charge in [0, 0.05) is 20.6 Å². The quantitative estimate of drug-likeness (QED) is 0.582. The molecule has 122 valence electrons. The molecule has 0 aliphatic rings. The lowest BCUT2D eigenvalue weighted by molar-refractivity contribution is -0.154. The van der Waals surface area contributed by atoms with Crippen molar-refractivity contribution in [3.63, 3.8) is 0 Å². The van der Waals surface area contributed by atoms with E-state index in [1.165, 1.54) is 40.4 Å². The average Bonchev–Trinajstić information content (AvgIpc) is 2.49. The molecule has 22 heavy (non-hydrogen) atoms. The zero-order valence-electron chi connectivity index (χ0n) is 13.0. The zero-order chi connectivity index (χ0) is 16.9. The fourth-order valence-corrected chi connectivity index (χ4v) is 2.15. The lowest BCUT2D eigenvalue weighted by atomic mass is 9.97. The van der Waals surface area contributed by atoms with Crippen LogP contribution >= 0.6 is 0 Å². The SMILES string of the molecule is COC(=O)[C@H](C[C@@H](OC)c1c(O)ccc(C(C)=O)c1O)OC. The van der Waals surface area contributed by atoms with Crippen LogP contribution in [0.3, 0.4) is 0 Å². The van der Waals surface area contributed by atoms with Crippen LogP contribution in [0.5, 0.6) is 11.5 Å². The molecule has 1 aromatic carbocycles. The van der Waals surface area contributed by atoms with E-state index in [0.29, 0.717) is 0 Å². The van der Waals surface area contributed by atoms with E-state index < -0.39 is 18.2 Å². The molecule has 0 aliphatic heterocycles. The van der Waals surface area contributed by atoms with Gasteiger partial charge in [-0.15, -0.1) is 0 Å². The smallest absolute Gasteiger partial charge is 0.335 e. The second-order valence-electron chi connectivity index (χ2n) is 4.66. The van der Waals surface area contributed by atoms with Crippen molar-refractivity contribution in [3.05, 3.63) is 23.3 Å². The van der Waals surface area contributed by atoms with Gasteiger partial charge in [0.15, 0.2) is 11.9 Å². The van der Waals surface area contributed by atoms with E-state index in [1.807, 2.05) is 0 Å². The van der Waals surface area contributed by atoms with E-state index in [9.17, 15) is 19.8 Å². The normalized spacial score (nSPS) is 13.5. The second kappa shape index (κ2) is 7.77. The standard InChI is InChI=1S/C15H20O7/c1-8(16)9-5-6-10(17)13(14(9)18)11(20-2)7-12(21-3)15(19)22-4/h5-6,11-12,17-18H,7H2,1-4H3/t11-,12+/m1/s1. The lowest BCUT2D eigenvalue weighted by Crippen LogP contribution is -2.27. The number of carbonyl (C=O) groups is 2. The number of Topliss-reactive ketones (excluding diaryl/α,β-unsaturated/α-hetero) is 1. The molecule has 0 bridgehead atoms. The Balaban J connectivity index is 3.22. The maximum atomic E-state index is 11.6. The van der Waals surface area contributed by atoms with Gasteiger partial charge < -0.3 is 24.4 Å². The molecule has 0 aromatic heterocycles. The highest BCUT2D eigenvalue weighted by atomic mass is 16.6. The summed E-state index contributed by atoms with van der Waals surface area (Å²) in [5.41, 5.74) is 0.0861. The first-order valence-corrected chi connectivity index (χ1v) is 6.56. The Morgan fingerprint density at radius 3 is 2.23 bits per heavy atom. The maximum Gasteiger partial charge on any atom is 0.335 e. The van der Waals surface area contributed by atoms with Crippen molar-refractivity contribution >= 4 is 11.8 Å². The lowest BCUT2D eigenvalue weighted by Gasteiger charge is -2.22. The number of phenols is 2. The Labute approximate surface area is 128 Å². The van der Waals surface area contributed by atoms with E-state index in [2.05, 4.69) is 4.74 Å². The molecular weight excluding hydrogens is 292 g/mol. The summed E-state index contributed by atoms with van der Waals surface area (Å²) in [7, 11) is 3.91. The Kier molecular flexibility index (Phi) is 6.33. The van der Waals surface area contributed by atoms with Gasteiger partial charge in [0.1, 0.15) is 11.5 Å². The summed E-state index contributed by atoms with van der Waals surface area (Å²) in [6.45, 7) is 1.30.